The molecule has 7 nitrogen and oxygen atoms in total. The third-order valence-electron chi connectivity index (χ3n) is 4.23. The van der Waals surface area contributed by atoms with Crippen LogP contribution in [0.25, 0.3) is 0 Å². The Bertz CT molecular complexity index is 698. The van der Waals surface area contributed by atoms with E-state index in [9.17, 15) is 4.79 Å². The van der Waals surface area contributed by atoms with E-state index in [0.717, 1.165) is 25.2 Å². The highest BCUT2D eigenvalue weighted by Crippen LogP contribution is 2.19. The van der Waals surface area contributed by atoms with Gasteiger partial charge in [-0.25, -0.2) is 4.98 Å². The number of fused-ring (bicyclic) bond motifs is 1. The number of hydrogen-bond donors (Lipinski definition) is 1. The molecule has 0 aromatic carbocycles. The second-order valence-electron chi connectivity index (χ2n) is 7.41. The summed E-state index contributed by atoms with van der Waals surface area (Å²) in [6, 6.07) is 0.190. The molecule has 0 saturated heterocycles. The summed E-state index contributed by atoms with van der Waals surface area (Å²) in [6.07, 6.45) is 7.46. The maximum Gasteiger partial charge on any atom is 0.226 e. The summed E-state index contributed by atoms with van der Waals surface area (Å²) in [5.41, 5.74) is -0.119. The molecule has 3 rings (SSSR count). The van der Waals surface area contributed by atoms with Crippen molar-refractivity contribution < 1.29 is 9.32 Å². The zero-order chi connectivity index (χ0) is 17.2. The van der Waals surface area contributed by atoms with Gasteiger partial charge in [0.2, 0.25) is 11.8 Å². The number of carbonyl (C=O) groups is 1. The van der Waals surface area contributed by atoms with Crippen molar-refractivity contribution in [1.82, 2.24) is 25.0 Å². The van der Waals surface area contributed by atoms with Gasteiger partial charge in [0.25, 0.3) is 0 Å². The smallest absolute Gasteiger partial charge is 0.226 e. The summed E-state index contributed by atoms with van der Waals surface area (Å²) in [4.78, 5) is 20.8. The maximum atomic E-state index is 12.1. The zero-order valence-electron chi connectivity index (χ0n) is 14.6. The maximum absolute atomic E-state index is 12.1. The quantitative estimate of drug-likeness (QED) is 0.906. The molecule has 1 unspecified atom stereocenters. The summed E-state index contributed by atoms with van der Waals surface area (Å²) in [5, 5.41) is 7.11. The Labute approximate surface area is 141 Å². The van der Waals surface area contributed by atoms with Crippen LogP contribution >= 0.6 is 0 Å². The molecule has 1 aliphatic rings. The lowest BCUT2D eigenvalue weighted by molar-refractivity contribution is -0.122. The SMILES string of the molecule is CC(C)(C)c1noc(CCCC(=O)NC2CCc3nccn3C2)n1. The van der Waals surface area contributed by atoms with Crippen molar-refractivity contribution in [3.63, 3.8) is 0 Å². The first-order valence-electron chi connectivity index (χ1n) is 8.54. The van der Waals surface area contributed by atoms with Crippen molar-refractivity contribution in [3.8, 4) is 0 Å². The molecule has 0 fully saturated rings. The number of nitrogens with one attached hydrogen (secondary N) is 1. The van der Waals surface area contributed by atoms with E-state index in [4.69, 9.17) is 4.52 Å². The Balaban J connectivity index is 1.41. The third-order valence-corrected chi connectivity index (χ3v) is 4.23. The molecule has 7 heteroatoms. The molecule has 0 spiro atoms. The predicted octanol–water partition coefficient (Wildman–Crippen LogP) is 2.02. The van der Waals surface area contributed by atoms with Gasteiger partial charge in [-0.05, 0) is 12.8 Å². The molecule has 2 aromatic rings. The normalized spacial score (nSPS) is 17.5. The first kappa shape index (κ1) is 16.7. The fraction of sp³-hybridized carbons (Fsp3) is 0.647. The molecule has 0 bridgehead atoms. The molecule has 0 aliphatic carbocycles. The van der Waals surface area contributed by atoms with Crippen molar-refractivity contribution >= 4 is 5.91 Å². The number of amides is 1. The zero-order valence-corrected chi connectivity index (χ0v) is 14.6. The third kappa shape index (κ3) is 4.01. The monoisotopic (exact) mass is 331 g/mol. The number of aryl methyl sites for hydroxylation is 2. The molecule has 1 atom stereocenters. The second-order valence-corrected chi connectivity index (χ2v) is 7.41. The van der Waals surface area contributed by atoms with E-state index in [1.54, 1.807) is 0 Å². The predicted molar refractivity (Wildman–Crippen MR) is 88.4 cm³/mol. The van der Waals surface area contributed by atoms with E-state index in [1.807, 2.05) is 33.2 Å². The molecule has 2 aromatic heterocycles. The van der Waals surface area contributed by atoms with Gasteiger partial charge in [0, 0.05) is 49.7 Å². The van der Waals surface area contributed by atoms with Crippen LogP contribution in [0.4, 0.5) is 0 Å². The van der Waals surface area contributed by atoms with Crippen molar-refractivity contribution in [1.29, 1.82) is 0 Å². The fourth-order valence-corrected chi connectivity index (χ4v) is 2.85. The van der Waals surface area contributed by atoms with Crippen molar-refractivity contribution in [3.05, 3.63) is 29.9 Å². The largest absolute Gasteiger partial charge is 0.352 e. The Morgan fingerprint density at radius 3 is 3.04 bits per heavy atom. The molecule has 24 heavy (non-hydrogen) atoms. The summed E-state index contributed by atoms with van der Waals surface area (Å²) < 4.78 is 7.36. The van der Waals surface area contributed by atoms with E-state index in [-0.39, 0.29) is 17.4 Å². The van der Waals surface area contributed by atoms with Crippen LogP contribution < -0.4 is 5.32 Å². The van der Waals surface area contributed by atoms with E-state index >= 15 is 0 Å². The second kappa shape index (κ2) is 6.75. The minimum atomic E-state index is -0.119. The highest BCUT2D eigenvalue weighted by atomic mass is 16.5. The van der Waals surface area contributed by atoms with Crippen molar-refractivity contribution in [2.75, 3.05) is 0 Å². The number of imidazole rings is 1. The Morgan fingerprint density at radius 1 is 1.46 bits per heavy atom. The van der Waals surface area contributed by atoms with Gasteiger partial charge in [-0.15, -0.1) is 0 Å². The number of carbonyl (C=O) groups excluding carboxylic acids is 1. The minimum absolute atomic E-state index is 0.0825. The first-order valence-corrected chi connectivity index (χ1v) is 8.54. The lowest BCUT2D eigenvalue weighted by atomic mass is 9.96. The van der Waals surface area contributed by atoms with Crippen LogP contribution in [0.1, 0.15) is 57.6 Å². The van der Waals surface area contributed by atoms with Crippen LogP contribution in [0, 0.1) is 0 Å². The molecular weight excluding hydrogens is 306 g/mol. The van der Waals surface area contributed by atoms with Gasteiger partial charge in [0.1, 0.15) is 5.82 Å². The standard InChI is InChI=1S/C17H25N5O2/c1-17(2,3)16-20-15(24-21-16)6-4-5-14(23)19-12-7-8-13-18-9-10-22(13)11-12/h9-10,12H,4-8,11H2,1-3H3,(H,19,23). The average molecular weight is 331 g/mol. The Kier molecular flexibility index (Phi) is 4.69. The summed E-state index contributed by atoms with van der Waals surface area (Å²) in [6.45, 7) is 6.94. The molecule has 0 saturated carbocycles. The molecule has 0 radical (unpaired) electrons. The van der Waals surface area contributed by atoms with Gasteiger partial charge in [0.15, 0.2) is 5.82 Å². The van der Waals surface area contributed by atoms with Crippen LogP contribution in [0.15, 0.2) is 16.9 Å². The van der Waals surface area contributed by atoms with Crippen molar-refractivity contribution in [2.24, 2.45) is 0 Å². The summed E-state index contributed by atoms with van der Waals surface area (Å²) >= 11 is 0. The Morgan fingerprint density at radius 2 is 2.29 bits per heavy atom. The van der Waals surface area contributed by atoms with E-state index in [1.165, 1.54) is 0 Å². The van der Waals surface area contributed by atoms with E-state index in [0.29, 0.717) is 31.0 Å². The van der Waals surface area contributed by atoms with Gasteiger partial charge in [-0.2, -0.15) is 4.98 Å². The molecule has 130 valence electrons. The molecule has 3 heterocycles. The van der Waals surface area contributed by atoms with Gasteiger partial charge in [-0.3, -0.25) is 4.79 Å². The van der Waals surface area contributed by atoms with Crippen LogP contribution in [0.3, 0.4) is 0 Å². The van der Waals surface area contributed by atoms with Crippen molar-refractivity contribution in [2.45, 2.75) is 70.9 Å². The van der Waals surface area contributed by atoms with Gasteiger partial charge >= 0.3 is 0 Å². The first-order chi connectivity index (χ1) is 11.4. The van der Waals surface area contributed by atoms with Crippen LogP contribution in [0.5, 0.6) is 0 Å². The molecule has 1 aliphatic heterocycles. The molecule has 1 amide bonds. The van der Waals surface area contributed by atoms with Crippen LogP contribution in [0.2, 0.25) is 0 Å². The average Bonchev–Trinajstić information content (AvgIpc) is 3.14. The molecule has 1 N–H and O–H groups in total. The number of rotatable bonds is 5. The topological polar surface area (TPSA) is 85.8 Å². The highest BCUT2D eigenvalue weighted by molar-refractivity contribution is 5.76. The number of hydrogen-bond acceptors (Lipinski definition) is 5. The number of aromatic nitrogens is 4. The summed E-state index contributed by atoms with van der Waals surface area (Å²) in [5.74, 6) is 2.50. The Hall–Kier alpha value is -2.18. The minimum Gasteiger partial charge on any atom is -0.352 e. The lowest BCUT2D eigenvalue weighted by Crippen LogP contribution is -2.40. The highest BCUT2D eigenvalue weighted by Gasteiger charge is 2.22. The lowest BCUT2D eigenvalue weighted by Gasteiger charge is -2.24. The van der Waals surface area contributed by atoms with Gasteiger partial charge < -0.3 is 14.4 Å². The van der Waals surface area contributed by atoms with Gasteiger partial charge in [-0.1, -0.05) is 25.9 Å². The number of nitrogens with zero attached hydrogens (tertiary/aromatic N) is 4. The van der Waals surface area contributed by atoms with Crippen LogP contribution in [-0.2, 0) is 29.6 Å². The van der Waals surface area contributed by atoms with E-state index in [2.05, 4.69) is 25.0 Å². The summed E-state index contributed by atoms with van der Waals surface area (Å²) in [7, 11) is 0. The van der Waals surface area contributed by atoms with E-state index < -0.39 is 0 Å². The fourth-order valence-electron chi connectivity index (χ4n) is 2.85. The molecular formula is C17H25N5O2. The van der Waals surface area contributed by atoms with Crippen LogP contribution in [-0.4, -0.2) is 31.6 Å². The van der Waals surface area contributed by atoms with Gasteiger partial charge in [0.05, 0.1) is 0 Å².